The molecule has 1 aliphatic carbocycles. The van der Waals surface area contributed by atoms with Crippen LogP contribution in [-0.2, 0) is 14.8 Å². The van der Waals surface area contributed by atoms with Gasteiger partial charge in [0.1, 0.15) is 12.4 Å². The van der Waals surface area contributed by atoms with Crippen LogP contribution in [0.3, 0.4) is 0 Å². The van der Waals surface area contributed by atoms with Crippen LogP contribution < -0.4 is 10.1 Å². The van der Waals surface area contributed by atoms with Gasteiger partial charge in [0.15, 0.2) is 4.75 Å². The average Bonchev–Trinajstić information content (AvgIpc) is 3.28. The van der Waals surface area contributed by atoms with Gasteiger partial charge in [-0.25, -0.2) is 12.7 Å². The number of carbonyl (C=O) groups excluding carboxylic acids is 1. The van der Waals surface area contributed by atoms with Crippen molar-refractivity contribution in [1.82, 2.24) is 4.31 Å². The molecule has 0 radical (unpaired) electrons. The summed E-state index contributed by atoms with van der Waals surface area (Å²) in [6, 6.07) is 6.85. The largest absolute Gasteiger partial charge is 0.490 e. The normalized spacial score (nSPS) is 28.5. The highest BCUT2D eigenvalue weighted by molar-refractivity contribution is 7.91. The molecule has 1 aliphatic heterocycles. The van der Waals surface area contributed by atoms with E-state index < -0.39 is 20.7 Å². The van der Waals surface area contributed by atoms with E-state index in [1.165, 1.54) is 11.4 Å². The fourth-order valence-electron chi connectivity index (χ4n) is 3.12. The monoisotopic (exact) mass is 336 g/mol. The van der Waals surface area contributed by atoms with Crippen LogP contribution in [0.5, 0.6) is 5.75 Å². The number of ether oxygens (including phenoxy) is 1. The van der Waals surface area contributed by atoms with Gasteiger partial charge in [-0.05, 0) is 43.0 Å². The number of nitrogens with zero attached hydrogens (tertiary/aromatic N) is 1. The van der Waals surface area contributed by atoms with Gasteiger partial charge in [0.2, 0.25) is 15.9 Å². The van der Waals surface area contributed by atoms with Crippen molar-refractivity contribution in [3.8, 4) is 5.75 Å². The highest BCUT2D eigenvalue weighted by atomic mass is 32.2. The van der Waals surface area contributed by atoms with E-state index in [2.05, 4.69) is 11.9 Å². The van der Waals surface area contributed by atoms with Crippen molar-refractivity contribution >= 4 is 21.6 Å². The lowest BCUT2D eigenvalue weighted by atomic mass is 10.2. The predicted molar refractivity (Wildman–Crippen MR) is 87.8 cm³/mol. The number of rotatable bonds is 5. The molecule has 2 atom stereocenters. The van der Waals surface area contributed by atoms with E-state index in [0.29, 0.717) is 31.0 Å². The van der Waals surface area contributed by atoms with Crippen LogP contribution >= 0.6 is 0 Å². The van der Waals surface area contributed by atoms with Crippen LogP contribution in [0.4, 0.5) is 5.69 Å². The third-order valence-corrected chi connectivity index (χ3v) is 7.19. The molecule has 0 unspecified atom stereocenters. The first kappa shape index (κ1) is 16.0. The SMILES string of the molecule is C=CCOc1ccc(NC(=O)[C@]23C[C@H]2CCN(C)S3(=O)=O)cc1. The Bertz CT molecular complexity index is 729. The Balaban J connectivity index is 1.74. The van der Waals surface area contributed by atoms with Crippen LogP contribution in [0, 0.1) is 5.92 Å². The van der Waals surface area contributed by atoms with E-state index in [1.54, 1.807) is 30.3 Å². The van der Waals surface area contributed by atoms with E-state index in [4.69, 9.17) is 4.74 Å². The summed E-state index contributed by atoms with van der Waals surface area (Å²) in [5.74, 6) is 0.156. The third kappa shape index (κ3) is 2.53. The molecule has 1 aromatic carbocycles. The lowest BCUT2D eigenvalue weighted by Gasteiger charge is -2.28. The highest BCUT2D eigenvalue weighted by Crippen LogP contribution is 2.56. The van der Waals surface area contributed by atoms with Crippen LogP contribution in [0.15, 0.2) is 36.9 Å². The zero-order valence-electron chi connectivity index (χ0n) is 13.0. The second-order valence-electron chi connectivity index (χ2n) is 5.98. The minimum Gasteiger partial charge on any atom is -0.490 e. The van der Waals surface area contributed by atoms with Crippen LogP contribution in [0.1, 0.15) is 12.8 Å². The summed E-state index contributed by atoms with van der Waals surface area (Å²) in [7, 11) is -2.05. The van der Waals surface area contributed by atoms with Gasteiger partial charge in [0, 0.05) is 19.3 Å². The summed E-state index contributed by atoms with van der Waals surface area (Å²) in [6.07, 6.45) is 2.79. The predicted octanol–water partition coefficient (Wildman–Crippen LogP) is 1.61. The van der Waals surface area contributed by atoms with Crippen molar-refractivity contribution in [3.05, 3.63) is 36.9 Å². The summed E-state index contributed by atoms with van der Waals surface area (Å²) in [5, 5.41) is 2.73. The van der Waals surface area contributed by atoms with Crippen molar-refractivity contribution < 1.29 is 17.9 Å². The zero-order valence-corrected chi connectivity index (χ0v) is 13.8. The third-order valence-electron chi connectivity index (χ3n) is 4.58. The Morgan fingerprint density at radius 1 is 1.48 bits per heavy atom. The maximum atomic E-state index is 12.6. The maximum absolute atomic E-state index is 12.6. The molecule has 1 saturated carbocycles. The number of sulfonamides is 1. The molecule has 1 amide bonds. The molecule has 23 heavy (non-hydrogen) atoms. The van der Waals surface area contributed by atoms with E-state index in [1.807, 2.05) is 0 Å². The van der Waals surface area contributed by atoms with Gasteiger partial charge in [-0.1, -0.05) is 12.7 Å². The second-order valence-corrected chi connectivity index (χ2v) is 8.29. The number of hydrogen-bond acceptors (Lipinski definition) is 4. The zero-order chi connectivity index (χ0) is 16.7. The summed E-state index contributed by atoms with van der Waals surface area (Å²) < 4.78 is 30.4. The second kappa shape index (κ2) is 5.65. The van der Waals surface area contributed by atoms with E-state index >= 15 is 0 Å². The molecular weight excluding hydrogens is 316 g/mol. The lowest BCUT2D eigenvalue weighted by molar-refractivity contribution is -0.117. The van der Waals surface area contributed by atoms with Crippen molar-refractivity contribution in [1.29, 1.82) is 0 Å². The lowest BCUT2D eigenvalue weighted by Crippen LogP contribution is -2.50. The highest BCUT2D eigenvalue weighted by Gasteiger charge is 2.71. The molecule has 1 saturated heterocycles. The van der Waals surface area contributed by atoms with E-state index in [9.17, 15) is 13.2 Å². The van der Waals surface area contributed by atoms with Crippen LogP contribution in [-0.4, -0.2) is 43.6 Å². The number of hydrogen-bond donors (Lipinski definition) is 1. The summed E-state index contributed by atoms with van der Waals surface area (Å²) >= 11 is 0. The van der Waals surface area contributed by atoms with E-state index in [0.717, 1.165) is 6.42 Å². The molecule has 124 valence electrons. The molecule has 1 N–H and O–H groups in total. The number of fused-ring (bicyclic) bond motifs is 1. The molecule has 0 aromatic heterocycles. The van der Waals surface area contributed by atoms with Gasteiger partial charge >= 0.3 is 0 Å². The molecule has 0 spiro atoms. The molecule has 0 bridgehead atoms. The molecule has 1 heterocycles. The standard InChI is InChI=1S/C16H20N2O4S/c1-3-10-22-14-6-4-13(5-7-14)17-15(19)16-11-12(16)8-9-18(2)23(16,20)21/h3-7,12H,1,8-11H2,2H3,(H,17,19)/t12-,16+/m1/s1. The summed E-state index contributed by atoms with van der Waals surface area (Å²) in [5.41, 5.74) is 0.560. The van der Waals surface area contributed by atoms with Crippen molar-refractivity contribution in [2.45, 2.75) is 17.6 Å². The Morgan fingerprint density at radius 2 is 2.17 bits per heavy atom. The fraction of sp³-hybridized carbons (Fsp3) is 0.438. The first-order valence-electron chi connectivity index (χ1n) is 7.53. The molecule has 1 aromatic rings. The van der Waals surface area contributed by atoms with Gasteiger partial charge in [0.25, 0.3) is 0 Å². The first-order chi connectivity index (χ1) is 10.9. The van der Waals surface area contributed by atoms with E-state index in [-0.39, 0.29) is 5.92 Å². The Morgan fingerprint density at radius 3 is 2.83 bits per heavy atom. The van der Waals surface area contributed by atoms with Gasteiger partial charge in [-0.15, -0.1) is 0 Å². The molecule has 3 rings (SSSR count). The maximum Gasteiger partial charge on any atom is 0.247 e. The van der Waals surface area contributed by atoms with Crippen LogP contribution in [0.2, 0.25) is 0 Å². The van der Waals surface area contributed by atoms with Crippen molar-refractivity contribution in [2.24, 2.45) is 5.92 Å². The summed E-state index contributed by atoms with van der Waals surface area (Å²) in [6.45, 7) is 4.46. The smallest absolute Gasteiger partial charge is 0.247 e. The van der Waals surface area contributed by atoms with Gasteiger partial charge in [-0.3, -0.25) is 4.79 Å². The summed E-state index contributed by atoms with van der Waals surface area (Å²) in [4.78, 5) is 12.6. The number of nitrogens with one attached hydrogen (secondary N) is 1. The molecule has 2 fully saturated rings. The van der Waals surface area contributed by atoms with Crippen molar-refractivity contribution in [2.75, 3.05) is 25.5 Å². The van der Waals surface area contributed by atoms with Gasteiger partial charge in [0.05, 0.1) is 0 Å². The Hall–Kier alpha value is -1.86. The number of benzene rings is 1. The molecule has 6 nitrogen and oxygen atoms in total. The molecular formula is C16H20N2O4S. The Labute approximate surface area is 136 Å². The minimum absolute atomic E-state index is 0.0705. The fourth-order valence-corrected chi connectivity index (χ4v) is 5.25. The Kier molecular flexibility index (Phi) is 3.93. The van der Waals surface area contributed by atoms with Gasteiger partial charge in [-0.2, -0.15) is 0 Å². The van der Waals surface area contributed by atoms with Crippen LogP contribution in [0.25, 0.3) is 0 Å². The van der Waals surface area contributed by atoms with Crippen molar-refractivity contribution in [3.63, 3.8) is 0 Å². The van der Waals surface area contributed by atoms with Gasteiger partial charge < -0.3 is 10.1 Å². The number of anilines is 1. The topological polar surface area (TPSA) is 75.7 Å². The minimum atomic E-state index is -3.58. The molecule has 2 aliphatic rings. The average molecular weight is 336 g/mol. The quantitative estimate of drug-likeness (QED) is 0.829. The number of carbonyl (C=O) groups is 1. The number of amides is 1. The molecule has 7 heteroatoms. The first-order valence-corrected chi connectivity index (χ1v) is 8.97.